The van der Waals surface area contributed by atoms with Crippen molar-refractivity contribution in [1.29, 1.82) is 0 Å². The van der Waals surface area contributed by atoms with E-state index in [1.54, 1.807) is 0 Å². The summed E-state index contributed by atoms with van der Waals surface area (Å²) < 4.78 is 0. The van der Waals surface area contributed by atoms with Crippen molar-refractivity contribution in [1.82, 2.24) is 15.3 Å². The quantitative estimate of drug-likeness (QED) is 0.177. The van der Waals surface area contributed by atoms with Crippen LogP contribution in [0.2, 0.25) is 0 Å². The first kappa shape index (κ1) is 28.6. The van der Waals surface area contributed by atoms with Crippen molar-refractivity contribution in [3.8, 4) is 0 Å². The van der Waals surface area contributed by atoms with Crippen LogP contribution in [-0.4, -0.2) is 15.7 Å². The number of allylic oxidation sites excluding steroid dienone is 2. The zero-order valence-corrected chi connectivity index (χ0v) is 28.3. The van der Waals surface area contributed by atoms with E-state index >= 15 is 0 Å². The summed E-state index contributed by atoms with van der Waals surface area (Å²) in [5.41, 5.74) is 22.3. The van der Waals surface area contributed by atoms with Gasteiger partial charge in [0.25, 0.3) is 0 Å². The van der Waals surface area contributed by atoms with Crippen LogP contribution < -0.4 is 5.32 Å². The van der Waals surface area contributed by atoms with Gasteiger partial charge in [0, 0.05) is 38.9 Å². The van der Waals surface area contributed by atoms with Crippen molar-refractivity contribution >= 4 is 33.3 Å². The Morgan fingerprint density at radius 3 is 1.88 bits per heavy atom. The Bertz CT molecular complexity index is 2440. The Balaban J connectivity index is 1.43. The molecule has 48 heavy (non-hydrogen) atoms. The number of hydrogen-bond acceptors (Lipinski definition) is 2. The molecule has 9 rings (SSSR count). The van der Waals surface area contributed by atoms with Gasteiger partial charge in [-0.3, -0.25) is 0 Å². The zero-order chi connectivity index (χ0) is 32.8. The normalized spacial score (nSPS) is 19.4. The average Bonchev–Trinajstić information content (AvgIpc) is 3.85. The van der Waals surface area contributed by atoms with Gasteiger partial charge in [0.2, 0.25) is 0 Å². The molecule has 5 heterocycles. The topological polar surface area (TPSA) is 56.0 Å². The van der Waals surface area contributed by atoms with Gasteiger partial charge >= 0.3 is 0 Å². The first-order valence-corrected chi connectivity index (χ1v) is 16.8. The number of aromatic amines is 2. The molecule has 4 aromatic carbocycles. The lowest BCUT2D eigenvalue weighted by atomic mass is 9.88. The molecule has 3 aliphatic heterocycles. The fraction of sp³-hybridized carbons (Fsp3) is 0.159. The maximum atomic E-state index is 5.41. The number of fused-ring (bicyclic) bond motifs is 15. The van der Waals surface area contributed by atoms with Crippen LogP contribution in [0.15, 0.2) is 108 Å². The third-order valence-electron chi connectivity index (χ3n) is 10.3. The second-order valence-electron chi connectivity index (χ2n) is 13.8. The van der Waals surface area contributed by atoms with E-state index < -0.39 is 0 Å². The minimum absolute atomic E-state index is 0.0423. The van der Waals surface area contributed by atoms with Crippen LogP contribution in [-0.2, 0) is 0 Å². The van der Waals surface area contributed by atoms with Gasteiger partial charge in [0.05, 0.1) is 34.5 Å². The largest absolute Gasteiger partial charge is 0.372 e. The van der Waals surface area contributed by atoms with E-state index in [1.165, 1.54) is 72.0 Å². The minimum atomic E-state index is -0.0423. The first-order valence-electron chi connectivity index (χ1n) is 16.8. The molecular weight excluding hydrogens is 585 g/mol. The number of nitrogens with zero attached hydrogens (tertiary/aromatic N) is 1. The summed E-state index contributed by atoms with van der Waals surface area (Å²) >= 11 is 0. The summed E-state index contributed by atoms with van der Waals surface area (Å²) in [4.78, 5) is 13.3. The van der Waals surface area contributed by atoms with Crippen molar-refractivity contribution in [2.24, 2.45) is 4.99 Å². The predicted molar refractivity (Wildman–Crippen MR) is 199 cm³/mol. The fourth-order valence-corrected chi connectivity index (χ4v) is 8.60. The van der Waals surface area contributed by atoms with Crippen molar-refractivity contribution in [3.05, 3.63) is 181 Å². The van der Waals surface area contributed by atoms with Crippen molar-refractivity contribution in [2.75, 3.05) is 0 Å². The highest BCUT2D eigenvalue weighted by molar-refractivity contribution is 6.20. The number of benzene rings is 4. The molecule has 0 saturated carbocycles. The van der Waals surface area contributed by atoms with Crippen LogP contribution in [0.5, 0.6) is 0 Å². The number of hydrogen-bond donors (Lipinski definition) is 3. The van der Waals surface area contributed by atoms with Crippen LogP contribution in [0.1, 0.15) is 84.5 Å². The van der Waals surface area contributed by atoms with Gasteiger partial charge in [-0.2, -0.15) is 0 Å². The molecule has 0 spiro atoms. The van der Waals surface area contributed by atoms with Crippen LogP contribution in [0, 0.1) is 41.5 Å². The van der Waals surface area contributed by atoms with Crippen LogP contribution >= 0.6 is 0 Å². The number of rotatable bonds is 2. The number of aromatic nitrogens is 2. The molecule has 0 aliphatic carbocycles. The Morgan fingerprint density at radius 2 is 1.19 bits per heavy atom. The molecule has 4 nitrogen and oxygen atoms in total. The van der Waals surface area contributed by atoms with E-state index in [-0.39, 0.29) is 6.04 Å². The lowest BCUT2D eigenvalue weighted by Gasteiger charge is -2.20. The second-order valence-corrected chi connectivity index (χ2v) is 13.8. The average molecular weight is 623 g/mol. The van der Waals surface area contributed by atoms with E-state index in [2.05, 4.69) is 154 Å². The lowest BCUT2D eigenvalue weighted by Crippen LogP contribution is -2.15. The molecule has 0 saturated heterocycles. The summed E-state index contributed by atoms with van der Waals surface area (Å²) in [5, 5.41) is 6.43. The molecular formula is C44H38N4. The highest BCUT2D eigenvalue weighted by Gasteiger charge is 2.34. The molecule has 3 N–H and O–H groups in total. The molecule has 1 atom stereocenters. The van der Waals surface area contributed by atoms with E-state index in [9.17, 15) is 0 Å². The maximum Gasteiger partial charge on any atom is 0.0924 e. The van der Waals surface area contributed by atoms with Gasteiger partial charge in [0.1, 0.15) is 0 Å². The number of H-pyrrole nitrogens is 2. The molecule has 1 unspecified atom stereocenters. The Hall–Kier alpha value is -5.61. The molecule has 6 aromatic rings. The zero-order valence-electron chi connectivity index (χ0n) is 28.3. The Morgan fingerprint density at radius 1 is 0.583 bits per heavy atom. The summed E-state index contributed by atoms with van der Waals surface area (Å²) in [6.07, 6.45) is 4.36. The van der Waals surface area contributed by atoms with E-state index in [0.717, 1.165) is 45.5 Å². The smallest absolute Gasteiger partial charge is 0.0924 e. The van der Waals surface area contributed by atoms with E-state index in [4.69, 9.17) is 4.99 Å². The molecule has 2 aromatic heterocycles. The van der Waals surface area contributed by atoms with Gasteiger partial charge in [-0.1, -0.05) is 83.9 Å². The monoisotopic (exact) mass is 622 g/mol. The Labute approximate surface area is 281 Å². The number of aliphatic imine (C=N–C) groups is 1. The predicted octanol–water partition coefficient (Wildman–Crippen LogP) is 10.1. The fourth-order valence-electron chi connectivity index (χ4n) is 8.60. The molecule has 4 heteroatoms. The van der Waals surface area contributed by atoms with Gasteiger partial charge in [-0.25, -0.2) is 4.99 Å². The summed E-state index contributed by atoms with van der Waals surface area (Å²) in [6, 6.07) is 31.2. The molecule has 234 valence electrons. The maximum absolute atomic E-state index is 5.41. The van der Waals surface area contributed by atoms with Gasteiger partial charge in [0.15, 0.2) is 0 Å². The van der Waals surface area contributed by atoms with Gasteiger partial charge < -0.3 is 15.3 Å². The van der Waals surface area contributed by atoms with Crippen molar-refractivity contribution in [2.45, 2.75) is 47.6 Å². The van der Waals surface area contributed by atoms with Crippen molar-refractivity contribution < 1.29 is 0 Å². The van der Waals surface area contributed by atoms with Crippen LogP contribution in [0.25, 0.3) is 27.6 Å². The third kappa shape index (κ3) is 4.18. The second kappa shape index (κ2) is 10.4. The SMILES string of the molecule is Cc1cc(C)c(/C2=C3\C=CC(=N3)c3[nH]c(c4ccccc34)/C(c3c(C)cc(C)cc3C)=C3\NC(c4ccc2[nH]4)c2ccccc23)c(C)c1. The number of aryl methyl sites for hydroxylation is 6. The molecule has 0 fully saturated rings. The summed E-state index contributed by atoms with van der Waals surface area (Å²) in [6.45, 7) is 13.3. The molecule has 0 radical (unpaired) electrons. The number of nitrogens with one attached hydrogen (secondary N) is 3. The Kier molecular flexibility index (Phi) is 6.23. The first-order chi connectivity index (χ1) is 23.3. The summed E-state index contributed by atoms with van der Waals surface area (Å²) in [7, 11) is 0. The molecule has 3 aliphatic rings. The van der Waals surface area contributed by atoms with E-state index in [0.29, 0.717) is 0 Å². The van der Waals surface area contributed by atoms with Gasteiger partial charge in [-0.05, 0) is 105 Å². The minimum Gasteiger partial charge on any atom is -0.372 e. The van der Waals surface area contributed by atoms with Gasteiger partial charge in [-0.15, -0.1) is 0 Å². The molecule has 8 bridgehead atoms. The van der Waals surface area contributed by atoms with Crippen LogP contribution in [0.4, 0.5) is 0 Å². The van der Waals surface area contributed by atoms with Crippen LogP contribution in [0.3, 0.4) is 0 Å². The van der Waals surface area contributed by atoms with E-state index in [1.807, 2.05) is 0 Å². The highest BCUT2D eigenvalue weighted by Crippen LogP contribution is 2.46. The van der Waals surface area contributed by atoms with Crippen molar-refractivity contribution in [3.63, 3.8) is 0 Å². The standard InChI is InChI=1S/C44H38N4/c1-23-19-25(3)37(26(4)20-23)39-33-15-17-35(45-33)41-29-11-7-9-13-31(29)43(47-41)40(38-27(5)21-24(2)22-28(38)6)44-32-14-10-8-12-30(32)42(48-44)36-18-16-34(39)46-36/h7-22,41,45,47-48H,1-6H3/b39-34+,43-40-. The third-order valence-corrected chi connectivity index (χ3v) is 10.3. The lowest BCUT2D eigenvalue weighted by molar-refractivity contribution is 0.758. The highest BCUT2D eigenvalue weighted by atomic mass is 15.0. The summed E-state index contributed by atoms with van der Waals surface area (Å²) in [5.74, 6) is 0. The molecule has 0 amide bonds.